The number of halogens is 2. The van der Waals surface area contributed by atoms with Gasteiger partial charge in [0.1, 0.15) is 22.8 Å². The lowest BCUT2D eigenvalue weighted by Gasteiger charge is -2.05. The number of aryl methyl sites for hydroxylation is 1. The molecule has 0 unspecified atom stereocenters. The van der Waals surface area contributed by atoms with Crippen LogP contribution < -0.4 is 5.32 Å². The summed E-state index contributed by atoms with van der Waals surface area (Å²) in [5.74, 6) is -1.61. The van der Waals surface area contributed by atoms with Crippen LogP contribution in [0.25, 0.3) is 5.69 Å². The van der Waals surface area contributed by atoms with E-state index in [1.807, 2.05) is 0 Å². The lowest BCUT2D eigenvalue weighted by atomic mass is 10.2. The Morgan fingerprint density at radius 1 is 1.31 bits per heavy atom. The van der Waals surface area contributed by atoms with Gasteiger partial charge in [0.25, 0.3) is 5.91 Å². The van der Waals surface area contributed by atoms with Crippen molar-refractivity contribution in [3.8, 4) is 5.69 Å². The number of aromatic nitrogens is 3. The number of ether oxygens (including phenoxy) is 1. The van der Waals surface area contributed by atoms with Crippen molar-refractivity contribution in [2.75, 3.05) is 11.9 Å². The summed E-state index contributed by atoms with van der Waals surface area (Å²) in [7, 11) is 0. The number of carbonyl (C=O) groups excluding carboxylic acids is 2. The minimum absolute atomic E-state index is 0.00369. The minimum Gasteiger partial charge on any atom is -0.452 e. The Morgan fingerprint density at radius 2 is 2.04 bits per heavy atom. The van der Waals surface area contributed by atoms with E-state index in [-0.39, 0.29) is 16.5 Å². The fraction of sp³-hybridized carbons (Fsp3) is 0.125. The lowest BCUT2D eigenvalue weighted by molar-refractivity contribution is -0.119. The quantitative estimate of drug-likeness (QED) is 0.685. The van der Waals surface area contributed by atoms with Crippen LogP contribution in [-0.2, 0) is 9.53 Å². The molecule has 8 nitrogen and oxygen atoms in total. The third-order valence-electron chi connectivity index (χ3n) is 3.32. The zero-order valence-electron chi connectivity index (χ0n) is 13.4. The summed E-state index contributed by atoms with van der Waals surface area (Å²) < 4.78 is 23.9. The molecule has 0 aliphatic carbocycles. The maximum atomic E-state index is 13.0. The van der Waals surface area contributed by atoms with Gasteiger partial charge in [-0.05, 0) is 31.2 Å². The fourth-order valence-corrected chi connectivity index (χ4v) is 2.49. The van der Waals surface area contributed by atoms with Crippen molar-refractivity contribution in [2.24, 2.45) is 0 Å². The number of benzene rings is 1. The molecule has 1 aromatic carbocycles. The average Bonchev–Trinajstić information content (AvgIpc) is 3.21. The monoisotopic (exact) mass is 378 g/mol. The van der Waals surface area contributed by atoms with E-state index < -0.39 is 24.3 Å². The molecule has 0 aliphatic heterocycles. The van der Waals surface area contributed by atoms with Crippen molar-refractivity contribution < 1.29 is 23.2 Å². The van der Waals surface area contributed by atoms with Crippen molar-refractivity contribution >= 4 is 29.3 Å². The molecule has 0 saturated carbocycles. The highest BCUT2D eigenvalue weighted by molar-refractivity contribution is 6.33. The van der Waals surface area contributed by atoms with Crippen LogP contribution >= 0.6 is 11.6 Å². The molecule has 0 spiro atoms. The third-order valence-corrected chi connectivity index (χ3v) is 3.67. The molecule has 1 amide bonds. The fourth-order valence-electron chi connectivity index (χ4n) is 2.14. The highest BCUT2D eigenvalue weighted by atomic mass is 35.5. The number of nitrogens with one attached hydrogen (secondary N) is 1. The second-order valence-electron chi connectivity index (χ2n) is 5.15. The van der Waals surface area contributed by atoms with Crippen LogP contribution in [0.4, 0.5) is 10.2 Å². The molecule has 2 aromatic heterocycles. The number of carbonyl (C=O) groups is 2. The van der Waals surface area contributed by atoms with Crippen molar-refractivity contribution in [2.45, 2.75) is 6.92 Å². The van der Waals surface area contributed by atoms with Gasteiger partial charge in [0, 0.05) is 6.07 Å². The Balaban J connectivity index is 1.71. The first-order chi connectivity index (χ1) is 12.5. The van der Waals surface area contributed by atoms with Gasteiger partial charge in [-0.2, -0.15) is 5.10 Å². The van der Waals surface area contributed by atoms with E-state index in [2.05, 4.69) is 20.1 Å². The molecule has 0 atom stereocenters. The summed E-state index contributed by atoms with van der Waals surface area (Å²) in [4.78, 5) is 24.0. The van der Waals surface area contributed by atoms with Gasteiger partial charge in [0.15, 0.2) is 12.4 Å². The highest BCUT2D eigenvalue weighted by Crippen LogP contribution is 2.24. The number of amides is 1. The summed E-state index contributed by atoms with van der Waals surface area (Å²) in [6.45, 7) is 1.03. The smallest absolute Gasteiger partial charge is 0.343 e. The lowest BCUT2D eigenvalue weighted by Crippen LogP contribution is -2.21. The zero-order valence-corrected chi connectivity index (χ0v) is 14.2. The Morgan fingerprint density at radius 3 is 2.69 bits per heavy atom. The normalized spacial score (nSPS) is 10.6. The number of hydrogen-bond donors (Lipinski definition) is 1. The number of nitrogens with zero attached hydrogens (tertiary/aromatic N) is 3. The zero-order chi connectivity index (χ0) is 18.7. The predicted octanol–water partition coefficient (Wildman–Crippen LogP) is 2.76. The number of hydrogen-bond acceptors (Lipinski definition) is 6. The Hall–Kier alpha value is -3.20. The summed E-state index contributed by atoms with van der Waals surface area (Å²) in [6.07, 6.45) is 1.29. The van der Waals surface area contributed by atoms with Crippen molar-refractivity contribution in [1.29, 1.82) is 0 Å². The summed E-state index contributed by atoms with van der Waals surface area (Å²) in [6, 6.07) is 6.86. The summed E-state index contributed by atoms with van der Waals surface area (Å²) in [5, 5.41) is 10.0. The van der Waals surface area contributed by atoms with Crippen LogP contribution in [0, 0.1) is 12.7 Å². The van der Waals surface area contributed by atoms with E-state index in [9.17, 15) is 14.0 Å². The molecule has 10 heteroatoms. The topological polar surface area (TPSA) is 99.2 Å². The summed E-state index contributed by atoms with van der Waals surface area (Å²) in [5.41, 5.74) is 0.800. The van der Waals surface area contributed by atoms with Gasteiger partial charge < -0.3 is 14.6 Å². The van der Waals surface area contributed by atoms with Crippen LogP contribution in [0.1, 0.15) is 16.1 Å². The molecule has 134 valence electrons. The number of anilines is 1. The second kappa shape index (κ2) is 7.36. The van der Waals surface area contributed by atoms with E-state index in [1.54, 1.807) is 6.92 Å². The first-order valence-electron chi connectivity index (χ1n) is 7.34. The van der Waals surface area contributed by atoms with Crippen LogP contribution in [-0.4, -0.2) is 33.4 Å². The van der Waals surface area contributed by atoms with Gasteiger partial charge in [-0.25, -0.2) is 13.9 Å². The molecule has 0 aliphatic rings. The number of esters is 1. The molecule has 1 N–H and O–H groups in total. The summed E-state index contributed by atoms with van der Waals surface area (Å²) >= 11 is 6.21. The SMILES string of the molecule is Cc1nn(-c2ccc(F)cc2)c(Cl)c1C(=O)OCC(=O)Nc1ccon1. The minimum atomic E-state index is -0.809. The third kappa shape index (κ3) is 3.72. The maximum Gasteiger partial charge on any atom is 0.343 e. The first-order valence-corrected chi connectivity index (χ1v) is 7.72. The molecule has 26 heavy (non-hydrogen) atoms. The molecule has 2 heterocycles. The van der Waals surface area contributed by atoms with Crippen molar-refractivity contribution in [3.63, 3.8) is 0 Å². The Labute approximate surface area is 151 Å². The van der Waals surface area contributed by atoms with E-state index in [0.29, 0.717) is 11.4 Å². The largest absolute Gasteiger partial charge is 0.452 e. The molecular weight excluding hydrogens is 367 g/mol. The Bertz CT molecular complexity index is 938. The molecule has 0 bridgehead atoms. The number of rotatable bonds is 5. The van der Waals surface area contributed by atoms with E-state index >= 15 is 0 Å². The maximum absolute atomic E-state index is 13.0. The van der Waals surface area contributed by atoms with Crippen LogP contribution in [0.3, 0.4) is 0 Å². The molecule has 3 aromatic rings. The molecule has 3 rings (SSSR count). The van der Waals surface area contributed by atoms with Crippen molar-refractivity contribution in [3.05, 3.63) is 58.8 Å². The molecular formula is C16H12ClFN4O4. The van der Waals surface area contributed by atoms with Crippen LogP contribution in [0.15, 0.2) is 41.1 Å². The van der Waals surface area contributed by atoms with Gasteiger partial charge in [-0.15, -0.1) is 0 Å². The van der Waals surface area contributed by atoms with E-state index in [4.69, 9.17) is 16.3 Å². The molecule has 0 radical (unpaired) electrons. The Kier molecular flexibility index (Phi) is 4.99. The van der Waals surface area contributed by atoms with E-state index in [0.717, 1.165) is 0 Å². The van der Waals surface area contributed by atoms with Gasteiger partial charge >= 0.3 is 5.97 Å². The van der Waals surface area contributed by atoms with Gasteiger partial charge in [-0.1, -0.05) is 16.8 Å². The van der Waals surface area contributed by atoms with Gasteiger partial charge in [0.05, 0.1) is 11.4 Å². The van der Waals surface area contributed by atoms with Crippen LogP contribution in [0.2, 0.25) is 5.15 Å². The molecule has 0 saturated heterocycles. The standard InChI is InChI=1S/C16H12ClFN4O4/c1-9-14(15(17)22(20-9)11-4-2-10(18)3-5-11)16(24)25-8-13(23)19-12-6-7-26-21-12/h2-7H,8H2,1H3,(H,19,21,23). The average molecular weight is 379 g/mol. The predicted molar refractivity (Wildman–Crippen MR) is 88.7 cm³/mol. The van der Waals surface area contributed by atoms with Gasteiger partial charge in [-0.3, -0.25) is 4.79 Å². The first kappa shape index (κ1) is 17.6. The van der Waals surface area contributed by atoms with Gasteiger partial charge in [0.2, 0.25) is 0 Å². The highest BCUT2D eigenvalue weighted by Gasteiger charge is 2.23. The second-order valence-corrected chi connectivity index (χ2v) is 5.51. The van der Waals surface area contributed by atoms with E-state index in [1.165, 1.54) is 41.3 Å². The molecule has 0 fully saturated rings. The van der Waals surface area contributed by atoms with Crippen LogP contribution in [0.5, 0.6) is 0 Å². The van der Waals surface area contributed by atoms with Crippen molar-refractivity contribution in [1.82, 2.24) is 14.9 Å².